The average molecular weight is 141 g/mol. The van der Waals surface area contributed by atoms with Crippen molar-refractivity contribution in [2.24, 2.45) is 0 Å². The lowest BCUT2D eigenvalue weighted by molar-refractivity contribution is -0.0652. The highest BCUT2D eigenvalue weighted by Crippen LogP contribution is 2.22. The van der Waals surface area contributed by atoms with Crippen molar-refractivity contribution in [3.8, 4) is 0 Å². The first-order valence-electron chi connectivity index (χ1n) is 2.58. The standard InChI is InChI=1S/C5H8F3O/c1-5(7,8)4(6)2-3-9/h4H,2-3H2,1H3. The first-order valence-corrected chi connectivity index (χ1v) is 2.58. The fraction of sp³-hybridized carbons (Fsp3) is 1.00. The third-order valence-corrected chi connectivity index (χ3v) is 0.921. The van der Waals surface area contributed by atoms with E-state index >= 15 is 0 Å². The van der Waals surface area contributed by atoms with E-state index in [1.54, 1.807) is 0 Å². The molecule has 0 aliphatic carbocycles. The second-order valence-corrected chi connectivity index (χ2v) is 1.92. The summed E-state index contributed by atoms with van der Waals surface area (Å²) in [6, 6.07) is 0. The van der Waals surface area contributed by atoms with Gasteiger partial charge in [0.1, 0.15) is 0 Å². The summed E-state index contributed by atoms with van der Waals surface area (Å²) in [5.74, 6) is -3.36. The zero-order valence-corrected chi connectivity index (χ0v) is 5.03. The molecule has 1 atom stereocenters. The molecule has 0 aromatic heterocycles. The zero-order valence-electron chi connectivity index (χ0n) is 5.03. The maximum absolute atomic E-state index is 12.0. The Kier molecular flexibility index (Phi) is 2.97. The van der Waals surface area contributed by atoms with Gasteiger partial charge >= 0.3 is 0 Å². The molecule has 0 spiro atoms. The predicted molar refractivity (Wildman–Crippen MR) is 25.7 cm³/mol. The molecule has 1 unspecified atom stereocenters. The molecule has 9 heavy (non-hydrogen) atoms. The average Bonchev–Trinajstić information content (AvgIpc) is 1.64. The van der Waals surface area contributed by atoms with Gasteiger partial charge in [0.15, 0.2) is 6.17 Å². The SMILES string of the molecule is CC(F)(F)C(F)CC[O]. The summed E-state index contributed by atoms with van der Waals surface area (Å²) in [6.45, 7) is -0.322. The minimum absolute atomic E-state index is 0.466. The van der Waals surface area contributed by atoms with E-state index in [1.165, 1.54) is 0 Å². The molecule has 1 nitrogen and oxygen atoms in total. The van der Waals surface area contributed by atoms with Crippen LogP contribution in [0.3, 0.4) is 0 Å². The van der Waals surface area contributed by atoms with Crippen LogP contribution in [0, 0.1) is 0 Å². The molecule has 0 heterocycles. The van der Waals surface area contributed by atoms with E-state index in [2.05, 4.69) is 0 Å². The minimum Gasteiger partial charge on any atom is -0.241 e. The van der Waals surface area contributed by atoms with E-state index in [-0.39, 0.29) is 0 Å². The van der Waals surface area contributed by atoms with E-state index in [1.807, 2.05) is 0 Å². The topological polar surface area (TPSA) is 19.9 Å². The highest BCUT2D eigenvalue weighted by molar-refractivity contribution is 4.70. The highest BCUT2D eigenvalue weighted by atomic mass is 19.3. The van der Waals surface area contributed by atoms with Crippen LogP contribution in [0.15, 0.2) is 0 Å². The van der Waals surface area contributed by atoms with E-state index in [4.69, 9.17) is 0 Å². The maximum atomic E-state index is 12.0. The molecule has 4 heteroatoms. The molecule has 0 aromatic rings. The lowest BCUT2D eigenvalue weighted by Crippen LogP contribution is -2.26. The second-order valence-electron chi connectivity index (χ2n) is 1.92. The Balaban J connectivity index is 3.59. The smallest absolute Gasteiger partial charge is 0.241 e. The lowest BCUT2D eigenvalue weighted by Gasteiger charge is -2.13. The van der Waals surface area contributed by atoms with Gasteiger partial charge in [0.2, 0.25) is 0 Å². The van der Waals surface area contributed by atoms with Crippen molar-refractivity contribution in [1.29, 1.82) is 0 Å². The normalized spacial score (nSPS) is 15.7. The fourth-order valence-corrected chi connectivity index (χ4v) is 0.357. The molecule has 0 aliphatic rings. The van der Waals surface area contributed by atoms with E-state index in [0.29, 0.717) is 6.92 Å². The summed E-state index contributed by atoms with van der Waals surface area (Å²) in [6.07, 6.45) is -2.89. The van der Waals surface area contributed by atoms with Crippen LogP contribution < -0.4 is 0 Å². The summed E-state index contributed by atoms with van der Waals surface area (Å²) in [4.78, 5) is 0. The Hall–Kier alpha value is -0.250. The predicted octanol–water partition coefficient (Wildman–Crippen LogP) is 1.80. The van der Waals surface area contributed by atoms with Crippen molar-refractivity contribution < 1.29 is 18.3 Å². The molecule has 0 rings (SSSR count). The number of halogens is 3. The van der Waals surface area contributed by atoms with Crippen LogP contribution in [-0.2, 0) is 5.11 Å². The second kappa shape index (κ2) is 3.06. The lowest BCUT2D eigenvalue weighted by atomic mass is 10.2. The van der Waals surface area contributed by atoms with Gasteiger partial charge in [0, 0.05) is 13.3 Å². The summed E-state index contributed by atoms with van der Waals surface area (Å²) in [7, 11) is 0. The molecule has 55 valence electrons. The van der Waals surface area contributed by atoms with Crippen LogP contribution in [0.25, 0.3) is 0 Å². The van der Waals surface area contributed by atoms with Crippen molar-refractivity contribution in [2.45, 2.75) is 25.4 Å². The molecule has 0 aromatic carbocycles. The summed E-state index contributed by atoms with van der Waals surface area (Å²) >= 11 is 0. The summed E-state index contributed by atoms with van der Waals surface area (Å²) in [5.41, 5.74) is 0. The van der Waals surface area contributed by atoms with Gasteiger partial charge in [-0.3, -0.25) is 0 Å². The Morgan fingerprint density at radius 1 is 1.56 bits per heavy atom. The van der Waals surface area contributed by atoms with Crippen molar-refractivity contribution in [3.05, 3.63) is 0 Å². The van der Waals surface area contributed by atoms with Crippen LogP contribution in [-0.4, -0.2) is 18.7 Å². The van der Waals surface area contributed by atoms with Crippen LogP contribution in [0.1, 0.15) is 13.3 Å². The molecule has 0 saturated carbocycles. The molecular weight excluding hydrogens is 133 g/mol. The van der Waals surface area contributed by atoms with Crippen LogP contribution >= 0.6 is 0 Å². The minimum atomic E-state index is -3.36. The van der Waals surface area contributed by atoms with Crippen LogP contribution in [0.5, 0.6) is 0 Å². The van der Waals surface area contributed by atoms with Gasteiger partial charge < -0.3 is 0 Å². The molecular formula is C5H8F3O. The monoisotopic (exact) mass is 141 g/mol. The van der Waals surface area contributed by atoms with E-state index < -0.39 is 25.1 Å². The fourth-order valence-electron chi connectivity index (χ4n) is 0.357. The molecule has 0 amide bonds. The Bertz CT molecular complexity index is 78.8. The van der Waals surface area contributed by atoms with Crippen molar-refractivity contribution >= 4 is 0 Å². The quantitative estimate of drug-likeness (QED) is 0.571. The molecule has 0 N–H and O–H groups in total. The number of hydrogen-bond acceptors (Lipinski definition) is 0. The van der Waals surface area contributed by atoms with Crippen molar-refractivity contribution in [1.82, 2.24) is 0 Å². The molecule has 0 fully saturated rings. The van der Waals surface area contributed by atoms with Gasteiger partial charge in [0.05, 0.1) is 6.61 Å². The molecule has 0 aliphatic heterocycles. The summed E-state index contributed by atoms with van der Waals surface area (Å²) in [5, 5.41) is 9.61. The first-order chi connectivity index (χ1) is 3.98. The van der Waals surface area contributed by atoms with Gasteiger partial charge in [-0.05, 0) is 0 Å². The van der Waals surface area contributed by atoms with Gasteiger partial charge in [-0.2, -0.15) is 0 Å². The summed E-state index contributed by atoms with van der Waals surface area (Å²) < 4.78 is 35.5. The third kappa shape index (κ3) is 3.35. The first kappa shape index (κ1) is 8.75. The van der Waals surface area contributed by atoms with Gasteiger partial charge in [-0.1, -0.05) is 0 Å². The number of hydrogen-bond donors (Lipinski definition) is 0. The van der Waals surface area contributed by atoms with Crippen LogP contribution in [0.4, 0.5) is 13.2 Å². The number of rotatable bonds is 3. The molecule has 0 bridgehead atoms. The highest BCUT2D eigenvalue weighted by Gasteiger charge is 2.33. The van der Waals surface area contributed by atoms with Gasteiger partial charge in [-0.25, -0.2) is 18.3 Å². The van der Waals surface area contributed by atoms with Crippen LogP contribution in [0.2, 0.25) is 0 Å². The Morgan fingerprint density at radius 2 is 2.00 bits per heavy atom. The Labute approximate surface area is 51.5 Å². The molecule has 0 saturated heterocycles. The third-order valence-electron chi connectivity index (χ3n) is 0.921. The molecule has 1 radical (unpaired) electrons. The van der Waals surface area contributed by atoms with E-state index in [9.17, 15) is 18.3 Å². The number of alkyl halides is 3. The zero-order chi connectivity index (χ0) is 7.49. The van der Waals surface area contributed by atoms with Gasteiger partial charge in [0.25, 0.3) is 5.92 Å². The van der Waals surface area contributed by atoms with E-state index in [0.717, 1.165) is 0 Å². The van der Waals surface area contributed by atoms with Gasteiger partial charge in [-0.15, -0.1) is 0 Å². The Morgan fingerprint density at radius 3 is 2.11 bits per heavy atom. The van der Waals surface area contributed by atoms with Crippen molar-refractivity contribution in [2.75, 3.05) is 6.61 Å². The van der Waals surface area contributed by atoms with Crippen molar-refractivity contribution in [3.63, 3.8) is 0 Å². The largest absolute Gasteiger partial charge is 0.276 e. The maximum Gasteiger partial charge on any atom is 0.276 e.